The predicted octanol–water partition coefficient (Wildman–Crippen LogP) is 4.70. The largest absolute Gasteiger partial charge is 0.496 e. The summed E-state index contributed by atoms with van der Waals surface area (Å²) in [6.07, 6.45) is 4.84. The molecule has 2 heteroatoms. The van der Waals surface area contributed by atoms with Crippen LogP contribution >= 0.6 is 0 Å². The highest BCUT2D eigenvalue weighted by molar-refractivity contribution is 5.45. The predicted molar refractivity (Wildman–Crippen MR) is 89.7 cm³/mol. The molecule has 1 aromatic rings. The van der Waals surface area contributed by atoms with Crippen LogP contribution in [-0.4, -0.2) is 7.11 Å². The summed E-state index contributed by atoms with van der Waals surface area (Å²) in [6, 6.07) is 4.41. The molecule has 0 heterocycles. The number of aryl methyl sites for hydroxylation is 2. The van der Waals surface area contributed by atoms with E-state index in [-0.39, 0.29) is 11.0 Å². The molecular weight excluding hydrogens is 258 g/mol. The van der Waals surface area contributed by atoms with Crippen LogP contribution < -0.4 is 10.5 Å². The van der Waals surface area contributed by atoms with Crippen molar-refractivity contribution in [2.75, 3.05) is 7.11 Å². The van der Waals surface area contributed by atoms with Gasteiger partial charge in [-0.25, -0.2) is 0 Å². The number of hydrogen-bond acceptors (Lipinski definition) is 2. The van der Waals surface area contributed by atoms with Crippen LogP contribution in [0.5, 0.6) is 5.75 Å². The Balaban J connectivity index is 2.53. The second kappa shape index (κ2) is 5.64. The van der Waals surface area contributed by atoms with Crippen LogP contribution in [0, 0.1) is 25.2 Å². The molecule has 1 aliphatic carbocycles. The van der Waals surface area contributed by atoms with Gasteiger partial charge in [0.2, 0.25) is 0 Å². The Bertz CT molecular complexity index is 515. The molecule has 0 aromatic heterocycles. The molecule has 0 spiro atoms. The third-order valence-corrected chi connectivity index (χ3v) is 5.24. The number of nitrogens with two attached hydrogens (primary N) is 1. The first kappa shape index (κ1) is 16.4. The van der Waals surface area contributed by atoms with Gasteiger partial charge in [-0.3, -0.25) is 0 Å². The van der Waals surface area contributed by atoms with Gasteiger partial charge >= 0.3 is 0 Å². The first-order chi connectivity index (χ1) is 9.70. The fourth-order valence-corrected chi connectivity index (χ4v) is 4.24. The molecule has 0 amide bonds. The van der Waals surface area contributed by atoms with E-state index in [0.29, 0.717) is 5.92 Å². The lowest BCUT2D eigenvalue weighted by Gasteiger charge is -2.49. The molecule has 0 radical (unpaired) electrons. The van der Waals surface area contributed by atoms with E-state index in [1.807, 2.05) is 0 Å². The zero-order chi connectivity index (χ0) is 15.8. The third-order valence-electron chi connectivity index (χ3n) is 5.24. The molecule has 1 aromatic carbocycles. The van der Waals surface area contributed by atoms with Gasteiger partial charge in [0.25, 0.3) is 0 Å². The van der Waals surface area contributed by atoms with Crippen molar-refractivity contribution in [2.45, 2.75) is 65.8 Å². The fraction of sp³-hybridized carbons (Fsp3) is 0.684. The van der Waals surface area contributed by atoms with Crippen molar-refractivity contribution in [2.24, 2.45) is 17.1 Å². The van der Waals surface area contributed by atoms with Crippen LogP contribution in [0.3, 0.4) is 0 Å². The minimum absolute atomic E-state index is 0.211. The van der Waals surface area contributed by atoms with Crippen molar-refractivity contribution in [3.63, 3.8) is 0 Å². The minimum atomic E-state index is -0.211. The zero-order valence-corrected chi connectivity index (χ0v) is 14.5. The molecule has 1 aliphatic rings. The van der Waals surface area contributed by atoms with Gasteiger partial charge in [0.1, 0.15) is 5.75 Å². The SMILES string of the molecule is COc1cc(C)c(C2(N)CCCCC2C(C)(C)C)cc1C. The van der Waals surface area contributed by atoms with Crippen molar-refractivity contribution in [3.05, 3.63) is 28.8 Å². The summed E-state index contributed by atoms with van der Waals surface area (Å²) in [5, 5.41) is 0. The summed E-state index contributed by atoms with van der Waals surface area (Å²) in [7, 11) is 1.73. The molecule has 2 nitrogen and oxygen atoms in total. The lowest BCUT2D eigenvalue weighted by molar-refractivity contribution is 0.0773. The summed E-state index contributed by atoms with van der Waals surface area (Å²) in [5.41, 5.74) is 10.8. The van der Waals surface area contributed by atoms with Crippen LogP contribution in [-0.2, 0) is 5.54 Å². The lowest BCUT2D eigenvalue weighted by atomic mass is 9.59. The second-order valence-corrected chi connectivity index (χ2v) is 7.84. The Morgan fingerprint density at radius 3 is 2.38 bits per heavy atom. The molecule has 2 atom stereocenters. The maximum absolute atomic E-state index is 7.03. The van der Waals surface area contributed by atoms with Crippen LogP contribution in [0.1, 0.15) is 63.1 Å². The minimum Gasteiger partial charge on any atom is -0.496 e. The molecule has 1 fully saturated rings. The van der Waals surface area contributed by atoms with Crippen LogP contribution in [0.4, 0.5) is 0 Å². The molecular formula is C19H31NO. The normalized spacial score (nSPS) is 26.7. The van der Waals surface area contributed by atoms with Crippen molar-refractivity contribution in [1.29, 1.82) is 0 Å². The van der Waals surface area contributed by atoms with Gasteiger partial charge in [0, 0.05) is 5.54 Å². The van der Waals surface area contributed by atoms with Crippen molar-refractivity contribution < 1.29 is 4.74 Å². The summed E-state index contributed by atoms with van der Waals surface area (Å²) in [5.74, 6) is 1.48. The first-order valence-corrected chi connectivity index (χ1v) is 8.14. The van der Waals surface area contributed by atoms with E-state index in [1.165, 1.54) is 36.0 Å². The highest BCUT2D eigenvalue weighted by atomic mass is 16.5. The first-order valence-electron chi connectivity index (χ1n) is 8.14. The quantitative estimate of drug-likeness (QED) is 0.856. The van der Waals surface area contributed by atoms with Gasteiger partial charge in [-0.1, -0.05) is 39.7 Å². The molecule has 2 unspecified atom stereocenters. The summed E-state index contributed by atoms with van der Waals surface area (Å²) in [4.78, 5) is 0. The molecule has 2 rings (SSSR count). The van der Waals surface area contributed by atoms with E-state index in [2.05, 4.69) is 46.8 Å². The Morgan fingerprint density at radius 1 is 1.14 bits per heavy atom. The Hall–Kier alpha value is -1.02. The average Bonchev–Trinajstić information content (AvgIpc) is 2.40. The third kappa shape index (κ3) is 2.96. The Labute approximate surface area is 130 Å². The number of hydrogen-bond donors (Lipinski definition) is 1. The Kier molecular flexibility index (Phi) is 4.39. The van der Waals surface area contributed by atoms with Crippen LogP contribution in [0.25, 0.3) is 0 Å². The summed E-state index contributed by atoms with van der Waals surface area (Å²) in [6.45, 7) is 11.3. The zero-order valence-electron chi connectivity index (χ0n) is 14.5. The molecule has 1 saturated carbocycles. The highest BCUT2D eigenvalue weighted by Crippen LogP contribution is 2.49. The molecule has 2 N–H and O–H groups in total. The monoisotopic (exact) mass is 289 g/mol. The summed E-state index contributed by atoms with van der Waals surface area (Å²) >= 11 is 0. The number of benzene rings is 1. The smallest absolute Gasteiger partial charge is 0.122 e. The topological polar surface area (TPSA) is 35.2 Å². The van der Waals surface area contributed by atoms with Crippen molar-refractivity contribution in [1.82, 2.24) is 0 Å². The van der Waals surface area contributed by atoms with E-state index in [1.54, 1.807) is 7.11 Å². The van der Waals surface area contributed by atoms with Crippen LogP contribution in [0.2, 0.25) is 0 Å². The van der Waals surface area contributed by atoms with Gasteiger partial charge in [-0.2, -0.15) is 0 Å². The lowest BCUT2D eigenvalue weighted by Crippen LogP contribution is -2.51. The van der Waals surface area contributed by atoms with E-state index in [4.69, 9.17) is 10.5 Å². The maximum Gasteiger partial charge on any atom is 0.122 e. The average molecular weight is 289 g/mol. The fourth-order valence-electron chi connectivity index (χ4n) is 4.24. The van der Waals surface area contributed by atoms with E-state index in [0.717, 1.165) is 12.2 Å². The second-order valence-electron chi connectivity index (χ2n) is 7.84. The summed E-state index contributed by atoms with van der Waals surface area (Å²) < 4.78 is 5.45. The van der Waals surface area contributed by atoms with Gasteiger partial charge in [0.05, 0.1) is 7.11 Å². The number of methoxy groups -OCH3 is 1. The molecule has 0 aliphatic heterocycles. The Morgan fingerprint density at radius 2 is 1.81 bits per heavy atom. The van der Waals surface area contributed by atoms with Crippen molar-refractivity contribution in [3.8, 4) is 5.75 Å². The molecule has 21 heavy (non-hydrogen) atoms. The number of ether oxygens (including phenoxy) is 1. The molecule has 0 saturated heterocycles. The van der Waals surface area contributed by atoms with E-state index >= 15 is 0 Å². The van der Waals surface area contributed by atoms with Gasteiger partial charge < -0.3 is 10.5 Å². The van der Waals surface area contributed by atoms with Crippen LogP contribution in [0.15, 0.2) is 12.1 Å². The molecule has 0 bridgehead atoms. The van der Waals surface area contributed by atoms with Gasteiger partial charge in [-0.05, 0) is 60.8 Å². The molecule has 118 valence electrons. The van der Waals surface area contributed by atoms with E-state index < -0.39 is 0 Å². The van der Waals surface area contributed by atoms with Crippen molar-refractivity contribution >= 4 is 0 Å². The maximum atomic E-state index is 7.03. The van der Waals surface area contributed by atoms with Gasteiger partial charge in [-0.15, -0.1) is 0 Å². The highest BCUT2D eigenvalue weighted by Gasteiger charge is 2.45. The number of rotatable bonds is 2. The van der Waals surface area contributed by atoms with E-state index in [9.17, 15) is 0 Å². The van der Waals surface area contributed by atoms with Gasteiger partial charge in [0.15, 0.2) is 0 Å². The standard InChI is InChI=1S/C19H31NO/c1-13-12-16(21-6)14(2)11-15(13)19(20)10-8-7-9-17(19)18(3,4)5/h11-12,17H,7-10,20H2,1-6H3.